The van der Waals surface area contributed by atoms with Crippen molar-refractivity contribution in [2.24, 2.45) is 4.99 Å². The Balaban J connectivity index is 4.36. The molecule has 0 bridgehead atoms. The lowest BCUT2D eigenvalue weighted by Gasteiger charge is -2.03. The van der Waals surface area contributed by atoms with Gasteiger partial charge in [0.2, 0.25) is 6.19 Å². The molecule has 16 heavy (non-hydrogen) atoms. The van der Waals surface area contributed by atoms with Crippen molar-refractivity contribution in [3.05, 3.63) is 11.8 Å². The van der Waals surface area contributed by atoms with Crippen LogP contribution in [0.25, 0.3) is 0 Å². The molecule has 5 nitrogen and oxygen atoms in total. The molecule has 0 aromatic rings. The molecule has 0 saturated carbocycles. The van der Waals surface area contributed by atoms with Gasteiger partial charge in [0, 0.05) is 12.7 Å². The first-order valence-corrected chi connectivity index (χ1v) is 5.29. The fraction of sp³-hybridized carbons (Fsp3) is 0.545. The zero-order chi connectivity index (χ0) is 12.2. The van der Waals surface area contributed by atoms with Gasteiger partial charge >= 0.3 is 5.97 Å². The van der Waals surface area contributed by atoms with Crippen LogP contribution in [0.4, 0.5) is 0 Å². The Morgan fingerprint density at radius 1 is 1.56 bits per heavy atom. The quantitative estimate of drug-likeness (QED) is 0.232. The van der Waals surface area contributed by atoms with Crippen molar-refractivity contribution in [2.75, 3.05) is 13.2 Å². The van der Waals surface area contributed by atoms with E-state index in [0.717, 1.165) is 19.4 Å². The van der Waals surface area contributed by atoms with Crippen molar-refractivity contribution < 1.29 is 9.53 Å². The summed E-state index contributed by atoms with van der Waals surface area (Å²) in [5, 5.41) is 11.3. The molecule has 0 amide bonds. The van der Waals surface area contributed by atoms with Crippen LogP contribution in [0.5, 0.6) is 0 Å². The van der Waals surface area contributed by atoms with E-state index in [-0.39, 0.29) is 5.57 Å². The van der Waals surface area contributed by atoms with Gasteiger partial charge in [0.05, 0.1) is 18.4 Å². The van der Waals surface area contributed by atoms with Crippen LogP contribution in [-0.4, -0.2) is 25.3 Å². The molecule has 1 N–H and O–H groups in total. The Labute approximate surface area is 95.8 Å². The molecule has 0 atom stereocenters. The van der Waals surface area contributed by atoms with E-state index in [2.05, 4.69) is 17.2 Å². The number of esters is 1. The molecule has 0 aromatic carbocycles. The lowest BCUT2D eigenvalue weighted by Crippen LogP contribution is -2.14. The van der Waals surface area contributed by atoms with Crippen LogP contribution in [-0.2, 0) is 9.53 Å². The molecule has 88 valence electrons. The van der Waals surface area contributed by atoms with E-state index in [9.17, 15) is 4.79 Å². The summed E-state index contributed by atoms with van der Waals surface area (Å²) >= 11 is 0. The van der Waals surface area contributed by atoms with E-state index in [1.54, 1.807) is 13.1 Å². The maximum absolute atomic E-state index is 11.4. The van der Waals surface area contributed by atoms with E-state index in [0.29, 0.717) is 6.61 Å². The third-order valence-electron chi connectivity index (χ3n) is 1.70. The van der Waals surface area contributed by atoms with Gasteiger partial charge in [-0.15, -0.1) is 0 Å². The Bertz CT molecular complexity index is 303. The number of nitriles is 1. The molecule has 0 aliphatic heterocycles. The lowest BCUT2D eigenvalue weighted by molar-refractivity contribution is -0.137. The molecule has 0 fully saturated rings. The summed E-state index contributed by atoms with van der Waals surface area (Å²) in [7, 11) is 0. The standard InChI is InChI=1S/C11H17N3O2/c1-3-5-6-13-7-10(8-14-9-12)11(15)16-4-2/h7-8,13H,3-6H2,1-2H3/b10-7-,14-8?. The molecule has 0 heterocycles. The first kappa shape index (κ1) is 14.2. The van der Waals surface area contributed by atoms with Crippen molar-refractivity contribution in [3.63, 3.8) is 0 Å². The van der Waals surface area contributed by atoms with E-state index in [4.69, 9.17) is 10.00 Å². The number of unbranched alkanes of at least 4 members (excludes halogenated alkanes) is 1. The SMILES string of the molecule is CCCCN/C=C(/C=NC#N)C(=O)OCC. The Kier molecular flexibility index (Phi) is 8.60. The second-order valence-electron chi connectivity index (χ2n) is 2.99. The van der Waals surface area contributed by atoms with Crippen molar-refractivity contribution >= 4 is 12.2 Å². The molecule has 0 radical (unpaired) electrons. The first-order chi connectivity index (χ1) is 7.76. The molecule has 0 spiro atoms. The van der Waals surface area contributed by atoms with Crippen LogP contribution < -0.4 is 5.32 Å². The largest absolute Gasteiger partial charge is 0.462 e. The minimum atomic E-state index is -0.481. The second kappa shape index (κ2) is 9.71. The molecule has 0 aliphatic carbocycles. The highest BCUT2D eigenvalue weighted by molar-refractivity contribution is 6.09. The number of carbonyl (C=O) groups excluding carboxylic acids is 1. The van der Waals surface area contributed by atoms with Crippen molar-refractivity contribution in [1.82, 2.24) is 5.32 Å². The molecular weight excluding hydrogens is 206 g/mol. The molecule has 0 saturated heterocycles. The van der Waals surface area contributed by atoms with Crippen molar-refractivity contribution in [1.29, 1.82) is 5.26 Å². The van der Waals surface area contributed by atoms with Gasteiger partial charge in [0.25, 0.3) is 0 Å². The highest BCUT2D eigenvalue weighted by Crippen LogP contribution is 1.94. The summed E-state index contributed by atoms with van der Waals surface area (Å²) in [5.41, 5.74) is 0.250. The van der Waals surface area contributed by atoms with Crippen molar-refractivity contribution in [3.8, 4) is 6.19 Å². The summed E-state index contributed by atoms with van der Waals surface area (Å²) in [6.07, 6.45) is 6.39. The fourth-order valence-corrected chi connectivity index (χ4v) is 0.923. The van der Waals surface area contributed by atoms with Gasteiger partial charge in [0.15, 0.2) is 0 Å². The van der Waals surface area contributed by atoms with Gasteiger partial charge in [-0.05, 0) is 13.3 Å². The monoisotopic (exact) mass is 223 g/mol. The number of ether oxygens (including phenoxy) is 1. The Hall–Kier alpha value is -1.83. The average Bonchev–Trinajstić information content (AvgIpc) is 2.28. The fourth-order valence-electron chi connectivity index (χ4n) is 0.923. The summed E-state index contributed by atoms with van der Waals surface area (Å²) < 4.78 is 4.81. The molecular formula is C11H17N3O2. The molecule has 0 rings (SSSR count). The predicted molar refractivity (Wildman–Crippen MR) is 61.7 cm³/mol. The van der Waals surface area contributed by atoms with Gasteiger partial charge < -0.3 is 10.1 Å². The number of carbonyl (C=O) groups is 1. The minimum absolute atomic E-state index is 0.250. The van der Waals surface area contributed by atoms with Crippen LogP contribution in [0, 0.1) is 11.5 Å². The number of rotatable bonds is 7. The predicted octanol–water partition coefficient (Wildman–Crippen LogP) is 1.37. The van der Waals surface area contributed by atoms with Crippen LogP contribution in [0.15, 0.2) is 16.8 Å². The van der Waals surface area contributed by atoms with E-state index in [1.165, 1.54) is 12.4 Å². The normalized spacial score (nSPS) is 11.2. The van der Waals surface area contributed by atoms with E-state index < -0.39 is 5.97 Å². The molecule has 0 unspecified atom stereocenters. The Morgan fingerprint density at radius 2 is 2.31 bits per heavy atom. The third kappa shape index (κ3) is 6.60. The third-order valence-corrected chi connectivity index (χ3v) is 1.70. The van der Waals surface area contributed by atoms with Gasteiger partial charge in [-0.25, -0.2) is 4.79 Å². The molecule has 5 heteroatoms. The van der Waals surface area contributed by atoms with Gasteiger partial charge in [0.1, 0.15) is 0 Å². The maximum Gasteiger partial charge on any atom is 0.341 e. The van der Waals surface area contributed by atoms with E-state index >= 15 is 0 Å². The highest BCUT2D eigenvalue weighted by Gasteiger charge is 2.07. The zero-order valence-corrected chi connectivity index (χ0v) is 9.69. The molecule has 0 aromatic heterocycles. The van der Waals surface area contributed by atoms with Gasteiger partial charge in [-0.3, -0.25) is 0 Å². The number of nitrogens with zero attached hydrogens (tertiary/aromatic N) is 2. The summed E-state index contributed by atoms with van der Waals surface area (Å²) in [5.74, 6) is -0.481. The number of nitrogens with one attached hydrogen (secondary N) is 1. The van der Waals surface area contributed by atoms with Crippen LogP contribution >= 0.6 is 0 Å². The lowest BCUT2D eigenvalue weighted by atomic mass is 10.3. The van der Waals surface area contributed by atoms with Crippen LogP contribution in [0.2, 0.25) is 0 Å². The summed E-state index contributed by atoms with van der Waals surface area (Å²) in [4.78, 5) is 14.7. The number of aliphatic imine (C=N–C) groups is 1. The topological polar surface area (TPSA) is 74.5 Å². The smallest absolute Gasteiger partial charge is 0.341 e. The van der Waals surface area contributed by atoms with Gasteiger partial charge in [-0.2, -0.15) is 10.3 Å². The number of hydrogen-bond donors (Lipinski definition) is 1. The van der Waals surface area contributed by atoms with Crippen LogP contribution in [0.1, 0.15) is 26.7 Å². The highest BCUT2D eigenvalue weighted by atomic mass is 16.5. The molecule has 0 aliphatic rings. The second-order valence-corrected chi connectivity index (χ2v) is 2.99. The zero-order valence-electron chi connectivity index (χ0n) is 9.69. The summed E-state index contributed by atoms with van der Waals surface area (Å²) in [6, 6.07) is 0. The van der Waals surface area contributed by atoms with Gasteiger partial charge in [-0.1, -0.05) is 13.3 Å². The summed E-state index contributed by atoms with van der Waals surface area (Å²) in [6.45, 7) is 4.88. The van der Waals surface area contributed by atoms with Crippen LogP contribution in [0.3, 0.4) is 0 Å². The van der Waals surface area contributed by atoms with E-state index in [1.807, 2.05) is 0 Å². The first-order valence-electron chi connectivity index (χ1n) is 5.29. The number of hydrogen-bond acceptors (Lipinski definition) is 5. The minimum Gasteiger partial charge on any atom is -0.462 e. The average molecular weight is 223 g/mol. The Morgan fingerprint density at radius 3 is 2.88 bits per heavy atom. The maximum atomic E-state index is 11.4. The van der Waals surface area contributed by atoms with Crippen molar-refractivity contribution in [2.45, 2.75) is 26.7 Å².